The van der Waals surface area contributed by atoms with Crippen LogP contribution < -0.4 is 4.73 Å². The highest BCUT2D eigenvalue weighted by Gasteiger charge is 2.51. The lowest BCUT2D eigenvalue weighted by Crippen LogP contribution is -2.31. The predicted molar refractivity (Wildman–Crippen MR) is 45.0 cm³/mol. The maximum atomic E-state index is 11.2. The fourth-order valence-corrected chi connectivity index (χ4v) is 1.29. The Morgan fingerprint density at radius 3 is 3.07 bits per heavy atom. The molecule has 0 spiro atoms. The summed E-state index contributed by atoms with van der Waals surface area (Å²) in [7, 11) is 1.29. The van der Waals surface area contributed by atoms with Crippen molar-refractivity contribution in [3.05, 3.63) is 35.3 Å². The molecule has 1 aromatic rings. The zero-order valence-electron chi connectivity index (χ0n) is 7.54. The van der Waals surface area contributed by atoms with E-state index in [1.807, 2.05) is 0 Å². The number of carbonyl (C=O) groups is 1. The van der Waals surface area contributed by atoms with Gasteiger partial charge in [0.1, 0.15) is 0 Å². The van der Waals surface area contributed by atoms with Gasteiger partial charge in [-0.25, -0.2) is 4.79 Å². The molecule has 0 saturated carbocycles. The summed E-state index contributed by atoms with van der Waals surface area (Å²) in [4.78, 5) is 11.0. The molecule has 5 nitrogen and oxygen atoms in total. The second kappa shape index (κ2) is 3.26. The van der Waals surface area contributed by atoms with Gasteiger partial charge < -0.3 is 14.7 Å². The van der Waals surface area contributed by atoms with Crippen molar-refractivity contribution in [2.45, 2.75) is 12.2 Å². The van der Waals surface area contributed by atoms with Crippen molar-refractivity contribution in [1.82, 2.24) is 0 Å². The van der Waals surface area contributed by atoms with E-state index in [1.165, 1.54) is 13.3 Å². The fraction of sp³-hybridized carbons (Fsp3) is 0.333. The van der Waals surface area contributed by atoms with Crippen molar-refractivity contribution in [1.29, 1.82) is 0 Å². The molecule has 2 heterocycles. The Labute approximate surface area is 80.5 Å². The summed E-state index contributed by atoms with van der Waals surface area (Å²) in [5, 5.41) is 11.2. The average molecular weight is 195 g/mol. The van der Waals surface area contributed by atoms with Crippen LogP contribution in [0.3, 0.4) is 0 Å². The molecule has 1 saturated heterocycles. The first kappa shape index (κ1) is 8.96. The molecule has 0 aliphatic carbocycles. The van der Waals surface area contributed by atoms with E-state index in [0.29, 0.717) is 10.4 Å². The highest BCUT2D eigenvalue weighted by Crippen LogP contribution is 2.37. The number of epoxide rings is 1. The first-order chi connectivity index (χ1) is 6.74. The Balaban J connectivity index is 2.13. The van der Waals surface area contributed by atoms with E-state index in [2.05, 4.69) is 4.74 Å². The van der Waals surface area contributed by atoms with Crippen LogP contribution in [0.4, 0.5) is 0 Å². The second-order valence-electron chi connectivity index (χ2n) is 2.95. The number of methoxy groups -OCH3 is 1. The summed E-state index contributed by atoms with van der Waals surface area (Å²) in [6.07, 6.45) is 0.287. The van der Waals surface area contributed by atoms with E-state index in [-0.39, 0.29) is 0 Å². The lowest BCUT2D eigenvalue weighted by molar-refractivity contribution is -0.615. The van der Waals surface area contributed by atoms with Gasteiger partial charge in [0, 0.05) is 12.1 Å². The minimum Gasteiger partial charge on any atom is -0.618 e. The number of rotatable bonds is 2. The number of carbonyl (C=O) groups excluding carboxylic acids is 1. The lowest BCUT2D eigenvalue weighted by atomic mass is 10.2. The molecule has 0 amide bonds. The van der Waals surface area contributed by atoms with Gasteiger partial charge in [-0.15, -0.1) is 0 Å². The van der Waals surface area contributed by atoms with Gasteiger partial charge in [0.2, 0.25) is 5.69 Å². The number of hydrogen-bond acceptors (Lipinski definition) is 4. The van der Waals surface area contributed by atoms with Crippen LogP contribution in [0, 0.1) is 5.21 Å². The van der Waals surface area contributed by atoms with Gasteiger partial charge in [-0.3, -0.25) is 0 Å². The van der Waals surface area contributed by atoms with Crippen molar-refractivity contribution in [3.63, 3.8) is 0 Å². The number of aromatic nitrogens is 1. The summed E-state index contributed by atoms with van der Waals surface area (Å²) in [6, 6.07) is 4.96. The molecule has 2 atom stereocenters. The molecule has 0 bridgehead atoms. The normalized spacial score (nSPS) is 24.4. The number of esters is 1. The van der Waals surface area contributed by atoms with Crippen molar-refractivity contribution < 1.29 is 19.0 Å². The van der Waals surface area contributed by atoms with Crippen LogP contribution in [-0.4, -0.2) is 19.2 Å². The molecular weight excluding hydrogens is 186 g/mol. The van der Waals surface area contributed by atoms with Crippen molar-refractivity contribution in [3.8, 4) is 0 Å². The fourth-order valence-electron chi connectivity index (χ4n) is 1.29. The second-order valence-corrected chi connectivity index (χ2v) is 2.95. The SMILES string of the molecule is COC(=O)[C@@H]1O[C@H]1c1cccc[n+]1[O-]. The maximum absolute atomic E-state index is 11.2. The largest absolute Gasteiger partial charge is 0.618 e. The van der Waals surface area contributed by atoms with E-state index < -0.39 is 18.2 Å². The monoisotopic (exact) mass is 195 g/mol. The Hall–Kier alpha value is -1.62. The van der Waals surface area contributed by atoms with E-state index >= 15 is 0 Å². The highest BCUT2D eigenvalue weighted by molar-refractivity contribution is 5.78. The Morgan fingerprint density at radius 2 is 2.43 bits per heavy atom. The van der Waals surface area contributed by atoms with Crippen LogP contribution in [0.1, 0.15) is 11.8 Å². The maximum Gasteiger partial charge on any atom is 0.338 e. The number of ether oxygens (including phenoxy) is 2. The van der Waals surface area contributed by atoms with E-state index in [1.54, 1.807) is 18.2 Å². The standard InChI is InChI=1S/C9H9NO4/c1-13-9(11)8-7(14-8)6-4-2-3-5-10(6)12/h2-5,7-8H,1H3/t7-,8+/m0/s1. The van der Waals surface area contributed by atoms with Crippen LogP contribution in [0.15, 0.2) is 24.4 Å². The molecule has 1 aliphatic heterocycles. The first-order valence-electron chi connectivity index (χ1n) is 4.15. The van der Waals surface area contributed by atoms with E-state index in [0.717, 1.165) is 0 Å². The lowest BCUT2D eigenvalue weighted by Gasteiger charge is -1.99. The van der Waals surface area contributed by atoms with Gasteiger partial charge in [-0.2, -0.15) is 4.73 Å². The number of hydrogen-bond donors (Lipinski definition) is 0. The summed E-state index contributed by atoms with van der Waals surface area (Å²) in [6.45, 7) is 0. The van der Waals surface area contributed by atoms with Crippen molar-refractivity contribution in [2.75, 3.05) is 7.11 Å². The van der Waals surface area contributed by atoms with E-state index in [9.17, 15) is 10.0 Å². The van der Waals surface area contributed by atoms with Crippen LogP contribution >= 0.6 is 0 Å². The highest BCUT2D eigenvalue weighted by atomic mass is 16.6. The summed E-state index contributed by atoms with van der Waals surface area (Å²) in [5.41, 5.74) is 0.433. The molecule has 2 rings (SSSR count). The van der Waals surface area contributed by atoms with Crippen LogP contribution in [-0.2, 0) is 14.3 Å². The number of nitrogens with zero attached hydrogens (tertiary/aromatic N) is 1. The Morgan fingerprint density at radius 1 is 1.64 bits per heavy atom. The quantitative estimate of drug-likeness (QED) is 0.287. The Kier molecular flexibility index (Phi) is 2.09. The summed E-state index contributed by atoms with van der Waals surface area (Å²) >= 11 is 0. The average Bonchev–Trinajstić information content (AvgIpc) is 2.97. The third-order valence-corrected chi connectivity index (χ3v) is 2.07. The Bertz CT molecular complexity index is 366. The molecule has 1 fully saturated rings. The molecule has 0 radical (unpaired) electrons. The van der Waals surface area contributed by atoms with Crippen molar-refractivity contribution >= 4 is 5.97 Å². The predicted octanol–water partition coefficient (Wildman–Crippen LogP) is -0.0671. The van der Waals surface area contributed by atoms with Crippen LogP contribution in [0.25, 0.3) is 0 Å². The third-order valence-electron chi connectivity index (χ3n) is 2.07. The molecule has 5 heteroatoms. The summed E-state index contributed by atoms with van der Waals surface area (Å²) in [5.74, 6) is -0.446. The molecule has 14 heavy (non-hydrogen) atoms. The molecule has 0 unspecified atom stereocenters. The zero-order chi connectivity index (χ0) is 10.1. The molecule has 0 aromatic carbocycles. The number of pyridine rings is 1. The van der Waals surface area contributed by atoms with Gasteiger partial charge in [0.05, 0.1) is 7.11 Å². The molecule has 74 valence electrons. The van der Waals surface area contributed by atoms with Crippen molar-refractivity contribution in [2.24, 2.45) is 0 Å². The zero-order valence-corrected chi connectivity index (χ0v) is 7.54. The van der Waals surface area contributed by atoms with Crippen LogP contribution in [0.5, 0.6) is 0 Å². The van der Waals surface area contributed by atoms with Gasteiger partial charge in [0.15, 0.2) is 18.4 Å². The topological polar surface area (TPSA) is 65.8 Å². The first-order valence-corrected chi connectivity index (χ1v) is 4.15. The molecule has 1 aromatic heterocycles. The molecular formula is C9H9NO4. The minimum atomic E-state index is -0.623. The molecule has 1 aliphatic rings. The van der Waals surface area contributed by atoms with Gasteiger partial charge in [-0.05, 0) is 6.07 Å². The van der Waals surface area contributed by atoms with Gasteiger partial charge in [0.25, 0.3) is 0 Å². The van der Waals surface area contributed by atoms with Gasteiger partial charge >= 0.3 is 5.97 Å². The van der Waals surface area contributed by atoms with Crippen LogP contribution in [0.2, 0.25) is 0 Å². The third kappa shape index (κ3) is 1.42. The smallest absolute Gasteiger partial charge is 0.338 e. The molecule has 0 N–H and O–H groups in total. The van der Waals surface area contributed by atoms with Gasteiger partial charge in [-0.1, -0.05) is 0 Å². The minimum absolute atomic E-state index is 0.433. The summed E-state index contributed by atoms with van der Waals surface area (Å²) < 4.78 is 10.2. The van der Waals surface area contributed by atoms with E-state index in [4.69, 9.17) is 4.74 Å².